The fourth-order valence-corrected chi connectivity index (χ4v) is 2.52. The van der Waals surface area contributed by atoms with Crippen LogP contribution in [-0.2, 0) is 0 Å². The van der Waals surface area contributed by atoms with Crippen molar-refractivity contribution >= 4 is 17.0 Å². The Hall–Kier alpha value is -0.830. The van der Waals surface area contributed by atoms with Crippen LogP contribution in [0.2, 0.25) is 0 Å². The van der Waals surface area contributed by atoms with Gasteiger partial charge in [-0.1, -0.05) is 17.8 Å². The molecule has 1 aliphatic heterocycles. The van der Waals surface area contributed by atoms with Gasteiger partial charge >= 0.3 is 0 Å². The highest BCUT2D eigenvalue weighted by molar-refractivity contribution is 7.15. The zero-order valence-corrected chi connectivity index (χ0v) is 9.27. The Morgan fingerprint density at radius 1 is 1.29 bits per heavy atom. The van der Waals surface area contributed by atoms with Crippen molar-refractivity contribution in [3.8, 4) is 5.06 Å². The average molecular weight is 209 g/mol. The first kappa shape index (κ1) is 9.71. The first-order chi connectivity index (χ1) is 6.90. The third-order valence-electron chi connectivity index (χ3n) is 2.44. The minimum Gasteiger partial charge on any atom is -0.487 e. The Balaban J connectivity index is 2.16. The summed E-state index contributed by atoms with van der Waals surface area (Å²) < 4.78 is 5.18. The minimum atomic E-state index is 0.979. The summed E-state index contributed by atoms with van der Waals surface area (Å²) in [4.78, 5) is 5.89. The molecule has 0 atom stereocenters. The van der Waals surface area contributed by atoms with E-state index < -0.39 is 0 Å². The summed E-state index contributed by atoms with van der Waals surface area (Å²) in [5.74, 6) is 0. The van der Waals surface area contributed by atoms with E-state index in [1.165, 1.54) is 29.9 Å². The topological polar surface area (TPSA) is 21.6 Å². The predicted molar refractivity (Wildman–Crippen MR) is 60.7 cm³/mol. The Morgan fingerprint density at radius 2 is 2.21 bits per heavy atom. The van der Waals surface area contributed by atoms with E-state index in [4.69, 9.17) is 4.74 Å². The summed E-state index contributed by atoms with van der Waals surface area (Å²) >= 11 is 1.70. The number of aliphatic imine (C=N–C) groups is 1. The number of nitrogens with zero attached hydrogens (tertiary/aromatic N) is 1. The zero-order chi connectivity index (χ0) is 9.80. The summed E-state index contributed by atoms with van der Waals surface area (Å²) in [6.45, 7) is 0.996. The molecule has 2 rings (SSSR count). The molecule has 0 aliphatic carbocycles. The van der Waals surface area contributed by atoms with E-state index in [-0.39, 0.29) is 0 Å². The monoisotopic (exact) mass is 209 g/mol. The van der Waals surface area contributed by atoms with Crippen LogP contribution in [0.25, 0.3) is 0 Å². The van der Waals surface area contributed by atoms with Crippen molar-refractivity contribution in [2.75, 3.05) is 13.7 Å². The average Bonchev–Trinajstić information content (AvgIpc) is 2.53. The molecular weight excluding hydrogens is 194 g/mol. The third kappa shape index (κ3) is 2.15. The van der Waals surface area contributed by atoms with Gasteiger partial charge < -0.3 is 4.74 Å². The molecule has 2 nitrogen and oxygen atoms in total. The molecule has 1 aliphatic rings. The van der Waals surface area contributed by atoms with Gasteiger partial charge in [-0.15, -0.1) is 0 Å². The highest BCUT2D eigenvalue weighted by Crippen LogP contribution is 2.26. The molecule has 0 spiro atoms. The largest absolute Gasteiger partial charge is 0.487 e. The second-order valence-corrected chi connectivity index (χ2v) is 4.51. The van der Waals surface area contributed by atoms with E-state index in [9.17, 15) is 0 Å². The number of ether oxygens (including phenoxy) is 1. The van der Waals surface area contributed by atoms with Crippen molar-refractivity contribution in [3.05, 3.63) is 17.0 Å². The number of hydrogen-bond donors (Lipinski definition) is 0. The highest BCUT2D eigenvalue weighted by Gasteiger charge is 2.09. The van der Waals surface area contributed by atoms with Gasteiger partial charge in [0.25, 0.3) is 0 Å². The quantitative estimate of drug-likeness (QED) is 0.733. The van der Waals surface area contributed by atoms with E-state index in [1.807, 2.05) is 6.07 Å². The molecule has 3 heteroatoms. The van der Waals surface area contributed by atoms with Gasteiger partial charge in [0.1, 0.15) is 0 Å². The first-order valence-corrected chi connectivity index (χ1v) is 5.89. The summed E-state index contributed by atoms with van der Waals surface area (Å²) in [5.41, 5.74) is 1.27. The van der Waals surface area contributed by atoms with Crippen LogP contribution in [0.5, 0.6) is 5.06 Å². The summed E-state index contributed by atoms with van der Waals surface area (Å²) in [7, 11) is 1.71. The molecule has 2 heterocycles. The molecule has 0 unspecified atom stereocenters. The fraction of sp³-hybridized carbons (Fsp3) is 0.545. The lowest BCUT2D eigenvalue weighted by atomic mass is 10.1. The van der Waals surface area contributed by atoms with Gasteiger partial charge in [-0.2, -0.15) is 0 Å². The van der Waals surface area contributed by atoms with Gasteiger partial charge in [0.15, 0.2) is 5.06 Å². The molecule has 0 amide bonds. The Labute approximate surface area is 88.6 Å². The van der Waals surface area contributed by atoms with Crippen LogP contribution >= 0.6 is 11.3 Å². The molecule has 76 valence electrons. The number of hydrogen-bond acceptors (Lipinski definition) is 3. The molecule has 0 fully saturated rings. The van der Waals surface area contributed by atoms with E-state index in [1.54, 1.807) is 18.4 Å². The van der Waals surface area contributed by atoms with Crippen LogP contribution in [0.1, 0.15) is 30.6 Å². The van der Waals surface area contributed by atoms with Crippen molar-refractivity contribution in [1.82, 2.24) is 0 Å². The van der Waals surface area contributed by atoms with Crippen LogP contribution in [0, 0.1) is 0 Å². The van der Waals surface area contributed by atoms with Crippen LogP contribution in [-0.4, -0.2) is 19.4 Å². The second-order valence-electron chi connectivity index (χ2n) is 3.46. The lowest BCUT2D eigenvalue weighted by molar-refractivity contribution is 0.427. The van der Waals surface area contributed by atoms with Gasteiger partial charge in [-0.25, -0.2) is 0 Å². The van der Waals surface area contributed by atoms with Crippen LogP contribution in [0.4, 0.5) is 0 Å². The summed E-state index contributed by atoms with van der Waals surface area (Å²) in [5, 5.41) is 0.979. The zero-order valence-electron chi connectivity index (χ0n) is 8.45. The fourth-order valence-electron chi connectivity index (χ4n) is 1.66. The molecule has 0 bridgehead atoms. The molecule has 0 saturated carbocycles. The lowest BCUT2D eigenvalue weighted by Crippen LogP contribution is -1.96. The Kier molecular flexibility index (Phi) is 3.19. The smallest absolute Gasteiger partial charge is 0.173 e. The van der Waals surface area contributed by atoms with Gasteiger partial charge in [-0.05, 0) is 31.4 Å². The molecule has 1 aromatic rings. The third-order valence-corrected chi connectivity index (χ3v) is 3.54. The normalized spacial score (nSPS) is 17.4. The van der Waals surface area contributed by atoms with E-state index >= 15 is 0 Å². The maximum Gasteiger partial charge on any atom is 0.173 e. The SMILES string of the molecule is COc1ccc(C2=NCCCCC2)s1. The van der Waals surface area contributed by atoms with Crippen LogP contribution in [0.3, 0.4) is 0 Å². The van der Waals surface area contributed by atoms with Crippen molar-refractivity contribution in [2.24, 2.45) is 4.99 Å². The highest BCUT2D eigenvalue weighted by atomic mass is 32.1. The molecule has 1 aromatic heterocycles. The maximum absolute atomic E-state index is 5.18. The lowest BCUT2D eigenvalue weighted by Gasteiger charge is -1.99. The minimum absolute atomic E-state index is 0.979. The van der Waals surface area contributed by atoms with Crippen molar-refractivity contribution in [2.45, 2.75) is 25.7 Å². The van der Waals surface area contributed by atoms with E-state index in [2.05, 4.69) is 11.1 Å². The Morgan fingerprint density at radius 3 is 3.00 bits per heavy atom. The molecule has 0 saturated heterocycles. The predicted octanol–water partition coefficient (Wildman–Crippen LogP) is 3.12. The Bertz CT molecular complexity index is 330. The van der Waals surface area contributed by atoms with Gasteiger partial charge in [0.2, 0.25) is 0 Å². The van der Waals surface area contributed by atoms with Gasteiger partial charge in [0.05, 0.1) is 17.7 Å². The second kappa shape index (κ2) is 4.60. The van der Waals surface area contributed by atoms with Crippen molar-refractivity contribution in [1.29, 1.82) is 0 Å². The van der Waals surface area contributed by atoms with Crippen LogP contribution in [0.15, 0.2) is 17.1 Å². The summed E-state index contributed by atoms with van der Waals surface area (Å²) in [6.07, 6.45) is 4.96. The van der Waals surface area contributed by atoms with Gasteiger partial charge in [-0.3, -0.25) is 4.99 Å². The number of rotatable bonds is 2. The number of methoxy groups -OCH3 is 1. The van der Waals surface area contributed by atoms with Crippen LogP contribution < -0.4 is 4.74 Å². The standard InChI is InChI=1S/C11H15NOS/c1-13-11-7-6-10(14-11)9-5-3-2-4-8-12-9/h6-7H,2-5,8H2,1H3. The molecular formula is C11H15NOS. The molecule has 0 radical (unpaired) electrons. The van der Waals surface area contributed by atoms with Crippen molar-refractivity contribution < 1.29 is 4.74 Å². The first-order valence-electron chi connectivity index (χ1n) is 5.07. The van der Waals surface area contributed by atoms with Gasteiger partial charge in [0, 0.05) is 6.54 Å². The van der Waals surface area contributed by atoms with E-state index in [0.29, 0.717) is 0 Å². The molecule has 0 N–H and O–H groups in total. The maximum atomic E-state index is 5.18. The molecule has 0 aromatic carbocycles. The molecule has 14 heavy (non-hydrogen) atoms. The number of thiophene rings is 1. The van der Waals surface area contributed by atoms with Crippen molar-refractivity contribution in [3.63, 3.8) is 0 Å². The van der Waals surface area contributed by atoms with E-state index in [0.717, 1.165) is 18.0 Å². The summed E-state index contributed by atoms with van der Waals surface area (Å²) in [6, 6.07) is 4.14.